The zero-order valence-corrected chi connectivity index (χ0v) is 8.88. The SMILES string of the molecule is CC1CC(C#N)(c2cccc(Cl)c2)C1. The van der Waals surface area contributed by atoms with Gasteiger partial charge in [-0.3, -0.25) is 0 Å². The third-order valence-corrected chi connectivity index (χ3v) is 3.22. The van der Waals surface area contributed by atoms with E-state index in [0.29, 0.717) is 5.92 Å². The van der Waals surface area contributed by atoms with Gasteiger partial charge in [0.25, 0.3) is 0 Å². The largest absolute Gasteiger partial charge is 0.197 e. The summed E-state index contributed by atoms with van der Waals surface area (Å²) in [5, 5.41) is 9.92. The predicted molar refractivity (Wildman–Crippen MR) is 57.1 cm³/mol. The summed E-state index contributed by atoms with van der Waals surface area (Å²) >= 11 is 5.92. The molecule has 1 fully saturated rings. The van der Waals surface area contributed by atoms with Crippen molar-refractivity contribution in [2.75, 3.05) is 0 Å². The number of benzene rings is 1. The van der Waals surface area contributed by atoms with Crippen LogP contribution in [-0.4, -0.2) is 0 Å². The number of hydrogen-bond acceptors (Lipinski definition) is 1. The summed E-state index contributed by atoms with van der Waals surface area (Å²) in [6.07, 6.45) is 1.92. The van der Waals surface area contributed by atoms with E-state index in [1.807, 2.05) is 24.3 Å². The Balaban J connectivity index is 2.35. The monoisotopic (exact) mass is 205 g/mol. The van der Waals surface area contributed by atoms with Crippen molar-refractivity contribution in [1.82, 2.24) is 0 Å². The summed E-state index contributed by atoms with van der Waals surface area (Å²) in [6.45, 7) is 2.18. The van der Waals surface area contributed by atoms with E-state index < -0.39 is 0 Å². The molecule has 0 aliphatic heterocycles. The molecule has 0 aromatic heterocycles. The van der Waals surface area contributed by atoms with E-state index in [2.05, 4.69) is 13.0 Å². The van der Waals surface area contributed by atoms with Crippen molar-refractivity contribution >= 4 is 11.6 Å². The Kier molecular flexibility index (Phi) is 2.25. The quantitative estimate of drug-likeness (QED) is 0.688. The van der Waals surface area contributed by atoms with Crippen molar-refractivity contribution in [1.29, 1.82) is 5.26 Å². The Hall–Kier alpha value is -1.00. The molecular formula is C12H12ClN. The fourth-order valence-electron chi connectivity index (χ4n) is 2.31. The molecule has 0 amide bonds. The predicted octanol–water partition coefficient (Wildman–Crippen LogP) is 3.53. The van der Waals surface area contributed by atoms with Gasteiger partial charge in [0.05, 0.1) is 11.5 Å². The molecule has 72 valence electrons. The lowest BCUT2D eigenvalue weighted by Crippen LogP contribution is -2.38. The first-order valence-corrected chi connectivity index (χ1v) is 5.21. The van der Waals surface area contributed by atoms with Gasteiger partial charge in [-0.25, -0.2) is 0 Å². The van der Waals surface area contributed by atoms with Crippen LogP contribution in [0.2, 0.25) is 5.02 Å². The Labute approximate surface area is 89.3 Å². The molecule has 0 N–H and O–H groups in total. The molecule has 1 aromatic rings. The van der Waals surface area contributed by atoms with Crippen LogP contribution in [0.15, 0.2) is 24.3 Å². The minimum atomic E-state index is -0.260. The van der Waals surface area contributed by atoms with Gasteiger partial charge in [-0.05, 0) is 36.5 Å². The van der Waals surface area contributed by atoms with E-state index in [1.165, 1.54) is 0 Å². The maximum atomic E-state index is 9.21. The van der Waals surface area contributed by atoms with Crippen LogP contribution in [0.4, 0.5) is 0 Å². The van der Waals surface area contributed by atoms with Crippen LogP contribution in [0.1, 0.15) is 25.3 Å². The van der Waals surface area contributed by atoms with Crippen molar-refractivity contribution in [2.24, 2.45) is 5.92 Å². The highest BCUT2D eigenvalue weighted by atomic mass is 35.5. The Morgan fingerprint density at radius 2 is 2.21 bits per heavy atom. The summed E-state index contributed by atoms with van der Waals surface area (Å²) in [7, 11) is 0. The summed E-state index contributed by atoms with van der Waals surface area (Å²) in [6, 6.07) is 10.1. The molecule has 1 aliphatic rings. The first-order chi connectivity index (χ1) is 6.66. The van der Waals surface area contributed by atoms with Gasteiger partial charge in [0.15, 0.2) is 0 Å². The molecule has 2 rings (SSSR count). The topological polar surface area (TPSA) is 23.8 Å². The van der Waals surface area contributed by atoms with Crippen molar-refractivity contribution < 1.29 is 0 Å². The summed E-state index contributed by atoms with van der Waals surface area (Å²) in [4.78, 5) is 0. The van der Waals surface area contributed by atoms with Gasteiger partial charge >= 0.3 is 0 Å². The average molecular weight is 206 g/mol. The molecule has 14 heavy (non-hydrogen) atoms. The van der Waals surface area contributed by atoms with E-state index >= 15 is 0 Å². The van der Waals surface area contributed by atoms with E-state index in [1.54, 1.807) is 0 Å². The fraction of sp³-hybridized carbons (Fsp3) is 0.417. The van der Waals surface area contributed by atoms with Crippen molar-refractivity contribution in [3.8, 4) is 6.07 Å². The van der Waals surface area contributed by atoms with Gasteiger partial charge in [-0.1, -0.05) is 30.7 Å². The molecule has 2 heteroatoms. The summed E-state index contributed by atoms with van der Waals surface area (Å²) in [5.41, 5.74) is 0.815. The van der Waals surface area contributed by atoms with Crippen molar-refractivity contribution in [3.63, 3.8) is 0 Å². The molecule has 1 aliphatic carbocycles. The van der Waals surface area contributed by atoms with Crippen LogP contribution in [0.5, 0.6) is 0 Å². The van der Waals surface area contributed by atoms with Gasteiger partial charge in [0.2, 0.25) is 0 Å². The number of hydrogen-bond donors (Lipinski definition) is 0. The number of rotatable bonds is 1. The van der Waals surface area contributed by atoms with E-state index in [0.717, 1.165) is 23.4 Å². The standard InChI is InChI=1S/C12H12ClN/c1-9-6-12(7-9,8-14)10-3-2-4-11(13)5-10/h2-5,9H,6-7H2,1H3. The van der Waals surface area contributed by atoms with Crippen molar-refractivity contribution in [3.05, 3.63) is 34.9 Å². The molecule has 0 unspecified atom stereocenters. The summed E-state index contributed by atoms with van der Waals surface area (Å²) in [5.74, 6) is 0.661. The maximum Gasteiger partial charge on any atom is 0.0828 e. The van der Waals surface area contributed by atoms with Gasteiger partial charge in [0, 0.05) is 5.02 Å². The van der Waals surface area contributed by atoms with Gasteiger partial charge in [0.1, 0.15) is 0 Å². The van der Waals surface area contributed by atoms with E-state index in [9.17, 15) is 5.26 Å². The van der Waals surface area contributed by atoms with E-state index in [-0.39, 0.29) is 5.41 Å². The zero-order valence-electron chi connectivity index (χ0n) is 8.13. The average Bonchev–Trinajstić information content (AvgIpc) is 2.12. The molecule has 1 aromatic carbocycles. The Morgan fingerprint density at radius 1 is 1.50 bits per heavy atom. The number of nitrogens with zero attached hydrogens (tertiary/aromatic N) is 1. The highest BCUT2D eigenvalue weighted by Crippen LogP contribution is 2.47. The van der Waals surface area contributed by atoms with Crippen molar-refractivity contribution in [2.45, 2.75) is 25.2 Å². The fourth-order valence-corrected chi connectivity index (χ4v) is 2.50. The molecule has 0 bridgehead atoms. The zero-order chi connectivity index (χ0) is 10.2. The molecule has 0 atom stereocenters. The molecular weight excluding hydrogens is 194 g/mol. The molecule has 0 spiro atoms. The second-order valence-corrected chi connectivity index (χ2v) is 4.65. The molecule has 0 radical (unpaired) electrons. The Morgan fingerprint density at radius 3 is 2.71 bits per heavy atom. The number of halogens is 1. The lowest BCUT2D eigenvalue weighted by atomic mass is 9.60. The molecule has 0 heterocycles. The second-order valence-electron chi connectivity index (χ2n) is 4.22. The third kappa shape index (κ3) is 1.40. The minimum Gasteiger partial charge on any atom is -0.197 e. The van der Waals surface area contributed by atoms with Crippen LogP contribution >= 0.6 is 11.6 Å². The lowest BCUT2D eigenvalue weighted by Gasteiger charge is -2.41. The van der Waals surface area contributed by atoms with E-state index in [4.69, 9.17) is 11.6 Å². The van der Waals surface area contributed by atoms with Crippen LogP contribution < -0.4 is 0 Å². The van der Waals surface area contributed by atoms with Crippen LogP contribution in [-0.2, 0) is 5.41 Å². The minimum absolute atomic E-state index is 0.260. The maximum absolute atomic E-state index is 9.21. The smallest absolute Gasteiger partial charge is 0.0828 e. The van der Waals surface area contributed by atoms with Gasteiger partial charge < -0.3 is 0 Å². The first kappa shape index (κ1) is 9.55. The molecule has 1 nitrogen and oxygen atoms in total. The second kappa shape index (κ2) is 3.29. The number of nitriles is 1. The first-order valence-electron chi connectivity index (χ1n) is 4.83. The van der Waals surface area contributed by atoms with Crippen LogP contribution in [0.3, 0.4) is 0 Å². The normalized spacial score (nSPS) is 30.5. The highest BCUT2D eigenvalue weighted by molar-refractivity contribution is 6.30. The lowest BCUT2D eigenvalue weighted by molar-refractivity contribution is 0.217. The summed E-state index contributed by atoms with van der Waals surface area (Å²) < 4.78 is 0. The molecule has 1 saturated carbocycles. The highest BCUT2D eigenvalue weighted by Gasteiger charge is 2.43. The van der Waals surface area contributed by atoms with Gasteiger partial charge in [-0.15, -0.1) is 0 Å². The Bertz CT molecular complexity index is 386. The van der Waals surface area contributed by atoms with Gasteiger partial charge in [-0.2, -0.15) is 5.26 Å². The molecule has 0 saturated heterocycles. The third-order valence-electron chi connectivity index (χ3n) is 2.99. The van der Waals surface area contributed by atoms with Crippen LogP contribution in [0, 0.1) is 17.2 Å². The van der Waals surface area contributed by atoms with Crippen LogP contribution in [0.25, 0.3) is 0 Å².